The number of hydrogen-bond donors (Lipinski definition) is 1. The van der Waals surface area contributed by atoms with Gasteiger partial charge in [0.25, 0.3) is 0 Å². The van der Waals surface area contributed by atoms with Crippen LogP contribution in [0.15, 0.2) is 29.8 Å². The molecule has 0 aliphatic rings. The first-order chi connectivity index (χ1) is 9.16. The van der Waals surface area contributed by atoms with Crippen molar-refractivity contribution in [2.45, 2.75) is 13.5 Å². The molecule has 0 bridgehead atoms. The molecule has 2 heterocycles. The summed E-state index contributed by atoms with van der Waals surface area (Å²) in [5, 5.41) is 12.1. The Morgan fingerprint density at radius 1 is 1.47 bits per heavy atom. The number of carbonyl (C=O) groups is 1. The first-order valence-electron chi connectivity index (χ1n) is 5.74. The van der Waals surface area contributed by atoms with Crippen LogP contribution in [0.4, 0.5) is 0 Å². The molecule has 0 unspecified atom stereocenters. The highest BCUT2D eigenvalue weighted by molar-refractivity contribution is 7.09. The fourth-order valence-corrected chi connectivity index (χ4v) is 2.74. The molecule has 0 atom stereocenters. The summed E-state index contributed by atoms with van der Waals surface area (Å²) in [6.07, 6.45) is 1.74. The van der Waals surface area contributed by atoms with E-state index in [4.69, 9.17) is 0 Å². The molecule has 3 aromatic rings. The lowest BCUT2D eigenvalue weighted by atomic mass is 10.2. The van der Waals surface area contributed by atoms with Gasteiger partial charge in [0.2, 0.25) is 0 Å². The number of benzene rings is 1. The van der Waals surface area contributed by atoms with Gasteiger partial charge in [-0.3, -0.25) is 0 Å². The molecule has 2 aromatic heterocycles. The number of para-hydroxylation sites is 1. The third-order valence-electron chi connectivity index (χ3n) is 2.96. The normalized spacial score (nSPS) is 11.0. The van der Waals surface area contributed by atoms with Crippen LogP contribution in [0.5, 0.6) is 0 Å². The Morgan fingerprint density at radius 2 is 2.32 bits per heavy atom. The molecule has 6 heteroatoms. The van der Waals surface area contributed by atoms with Gasteiger partial charge in [-0.2, -0.15) is 0 Å². The Kier molecular flexibility index (Phi) is 2.79. The standard InChI is InChI=1S/C13H11N3O2S/c1-8-15-10-4-2-3-9(13(17)18)12(10)16(8)7-11-14-5-6-19-11/h2-6H,7H2,1H3,(H,17,18). The Hall–Kier alpha value is -2.21. The number of aryl methyl sites for hydroxylation is 1. The zero-order valence-corrected chi connectivity index (χ0v) is 11.0. The third-order valence-corrected chi connectivity index (χ3v) is 3.73. The summed E-state index contributed by atoms with van der Waals surface area (Å²) in [5.74, 6) is -0.148. The van der Waals surface area contributed by atoms with Crippen molar-refractivity contribution in [3.8, 4) is 0 Å². The second-order valence-electron chi connectivity index (χ2n) is 4.15. The lowest BCUT2D eigenvalue weighted by Crippen LogP contribution is -2.06. The quantitative estimate of drug-likeness (QED) is 0.796. The van der Waals surface area contributed by atoms with E-state index in [9.17, 15) is 9.90 Å². The number of hydrogen-bond acceptors (Lipinski definition) is 4. The van der Waals surface area contributed by atoms with E-state index < -0.39 is 5.97 Å². The first-order valence-corrected chi connectivity index (χ1v) is 6.62. The molecule has 0 aliphatic heterocycles. The molecule has 0 spiro atoms. The van der Waals surface area contributed by atoms with E-state index in [1.807, 2.05) is 22.9 Å². The highest BCUT2D eigenvalue weighted by Crippen LogP contribution is 2.22. The lowest BCUT2D eigenvalue weighted by molar-refractivity contribution is 0.0698. The van der Waals surface area contributed by atoms with Crippen molar-refractivity contribution in [2.75, 3.05) is 0 Å². The minimum Gasteiger partial charge on any atom is -0.478 e. The number of carboxylic acids is 1. The first kappa shape index (κ1) is 11.9. The molecular weight excluding hydrogens is 262 g/mol. The van der Waals surface area contributed by atoms with Crippen LogP contribution >= 0.6 is 11.3 Å². The Balaban J connectivity index is 2.22. The van der Waals surface area contributed by atoms with Crippen molar-refractivity contribution in [3.05, 3.63) is 46.2 Å². The van der Waals surface area contributed by atoms with Gasteiger partial charge in [-0.05, 0) is 19.1 Å². The van der Waals surface area contributed by atoms with E-state index >= 15 is 0 Å². The van der Waals surface area contributed by atoms with Gasteiger partial charge in [0.1, 0.15) is 10.8 Å². The van der Waals surface area contributed by atoms with Gasteiger partial charge in [-0.1, -0.05) is 6.07 Å². The maximum atomic E-state index is 11.3. The van der Waals surface area contributed by atoms with Gasteiger partial charge < -0.3 is 9.67 Å². The van der Waals surface area contributed by atoms with Crippen LogP contribution in [0.1, 0.15) is 21.2 Å². The van der Waals surface area contributed by atoms with Gasteiger partial charge in [-0.25, -0.2) is 14.8 Å². The Bertz CT molecular complexity index is 747. The van der Waals surface area contributed by atoms with Crippen LogP contribution in [-0.4, -0.2) is 25.6 Å². The number of nitrogens with zero attached hydrogens (tertiary/aromatic N) is 3. The largest absolute Gasteiger partial charge is 0.478 e. The summed E-state index contributed by atoms with van der Waals surface area (Å²) in [7, 11) is 0. The highest BCUT2D eigenvalue weighted by atomic mass is 32.1. The SMILES string of the molecule is Cc1nc2cccc(C(=O)O)c2n1Cc1nccs1. The molecule has 1 aromatic carbocycles. The van der Waals surface area contributed by atoms with Crippen LogP contribution in [0.2, 0.25) is 0 Å². The fourth-order valence-electron chi connectivity index (χ4n) is 2.13. The second-order valence-corrected chi connectivity index (χ2v) is 5.13. The number of rotatable bonds is 3. The van der Waals surface area contributed by atoms with Crippen LogP contribution in [0.3, 0.4) is 0 Å². The summed E-state index contributed by atoms with van der Waals surface area (Å²) in [5.41, 5.74) is 1.63. The molecule has 0 aliphatic carbocycles. The van der Waals surface area contributed by atoms with E-state index in [0.717, 1.165) is 10.8 Å². The fraction of sp³-hybridized carbons (Fsp3) is 0.154. The molecule has 0 fully saturated rings. The van der Waals surface area contributed by atoms with Gasteiger partial charge >= 0.3 is 5.97 Å². The minimum atomic E-state index is -0.939. The number of fused-ring (bicyclic) bond motifs is 1. The monoisotopic (exact) mass is 273 g/mol. The van der Waals surface area contributed by atoms with Crippen molar-refractivity contribution in [1.29, 1.82) is 0 Å². The number of aromatic nitrogens is 3. The maximum Gasteiger partial charge on any atom is 0.337 e. The molecule has 0 amide bonds. The molecule has 5 nitrogen and oxygen atoms in total. The average Bonchev–Trinajstić information content (AvgIpc) is 2.98. The van der Waals surface area contributed by atoms with Crippen molar-refractivity contribution < 1.29 is 9.90 Å². The molecule has 3 rings (SSSR count). The minimum absolute atomic E-state index is 0.273. The molecular formula is C13H11N3O2S. The van der Waals surface area contributed by atoms with E-state index in [1.165, 1.54) is 0 Å². The smallest absolute Gasteiger partial charge is 0.337 e. The van der Waals surface area contributed by atoms with Crippen LogP contribution < -0.4 is 0 Å². The average molecular weight is 273 g/mol. The van der Waals surface area contributed by atoms with E-state index in [0.29, 0.717) is 17.6 Å². The van der Waals surface area contributed by atoms with Crippen molar-refractivity contribution in [1.82, 2.24) is 14.5 Å². The molecule has 0 saturated carbocycles. The van der Waals surface area contributed by atoms with E-state index in [1.54, 1.807) is 29.7 Å². The second kappa shape index (κ2) is 4.47. The van der Waals surface area contributed by atoms with E-state index in [2.05, 4.69) is 9.97 Å². The number of thiazole rings is 1. The zero-order chi connectivity index (χ0) is 13.4. The molecule has 0 saturated heterocycles. The number of imidazole rings is 1. The predicted molar refractivity (Wildman–Crippen MR) is 72.6 cm³/mol. The molecule has 0 radical (unpaired) electrons. The van der Waals surface area contributed by atoms with Crippen molar-refractivity contribution >= 4 is 28.3 Å². The van der Waals surface area contributed by atoms with Crippen molar-refractivity contribution in [2.24, 2.45) is 0 Å². The van der Waals surface area contributed by atoms with Crippen molar-refractivity contribution in [3.63, 3.8) is 0 Å². The molecule has 1 N–H and O–H groups in total. The van der Waals surface area contributed by atoms with Gasteiger partial charge in [0.15, 0.2) is 0 Å². The van der Waals surface area contributed by atoms with Gasteiger partial charge in [-0.15, -0.1) is 11.3 Å². The van der Waals surface area contributed by atoms with Gasteiger partial charge in [0.05, 0.1) is 23.1 Å². The van der Waals surface area contributed by atoms with E-state index in [-0.39, 0.29) is 5.56 Å². The highest BCUT2D eigenvalue weighted by Gasteiger charge is 2.16. The predicted octanol–water partition coefficient (Wildman–Crippen LogP) is 2.55. The summed E-state index contributed by atoms with van der Waals surface area (Å²) in [4.78, 5) is 20.0. The third kappa shape index (κ3) is 2.00. The molecule has 19 heavy (non-hydrogen) atoms. The summed E-state index contributed by atoms with van der Waals surface area (Å²) in [6.45, 7) is 2.42. The van der Waals surface area contributed by atoms with Gasteiger partial charge in [0, 0.05) is 11.6 Å². The Labute approximate surface area is 113 Å². The van der Waals surface area contributed by atoms with Crippen LogP contribution in [0.25, 0.3) is 11.0 Å². The zero-order valence-electron chi connectivity index (χ0n) is 10.2. The summed E-state index contributed by atoms with van der Waals surface area (Å²) < 4.78 is 1.90. The lowest BCUT2D eigenvalue weighted by Gasteiger charge is -2.06. The number of carboxylic acid groups (broad SMARTS) is 1. The Morgan fingerprint density at radius 3 is 3.00 bits per heavy atom. The van der Waals surface area contributed by atoms with Crippen LogP contribution in [-0.2, 0) is 6.54 Å². The topological polar surface area (TPSA) is 68.0 Å². The maximum absolute atomic E-state index is 11.3. The number of aromatic carboxylic acids is 1. The molecule has 96 valence electrons. The van der Waals surface area contributed by atoms with Crippen LogP contribution in [0, 0.1) is 6.92 Å². The summed E-state index contributed by atoms with van der Waals surface area (Å²) >= 11 is 1.55. The summed E-state index contributed by atoms with van der Waals surface area (Å²) in [6, 6.07) is 5.14.